The van der Waals surface area contributed by atoms with E-state index in [2.05, 4.69) is 17.1 Å². The lowest BCUT2D eigenvalue weighted by molar-refractivity contribution is 0.570. The zero-order valence-electron chi connectivity index (χ0n) is 8.22. The normalized spacial score (nSPS) is 13.3. The van der Waals surface area contributed by atoms with Crippen molar-refractivity contribution in [3.8, 4) is 0 Å². The fraction of sp³-hybridized carbons (Fsp3) is 0.400. The first kappa shape index (κ1) is 9.15. The predicted molar refractivity (Wildman–Crippen MR) is 54.9 cm³/mol. The lowest BCUT2D eigenvalue weighted by atomic mass is 10.1. The highest BCUT2D eigenvalue weighted by Gasteiger charge is 2.07. The monoisotopic (exact) mass is 190 g/mol. The van der Waals surface area contributed by atoms with Gasteiger partial charge in [0, 0.05) is 12.6 Å². The summed E-state index contributed by atoms with van der Waals surface area (Å²) in [5, 5.41) is 8.22. The molecule has 0 radical (unpaired) electrons. The molecule has 4 nitrogen and oxygen atoms in total. The van der Waals surface area contributed by atoms with Gasteiger partial charge in [-0.15, -0.1) is 10.2 Å². The second-order valence-corrected chi connectivity index (χ2v) is 3.59. The van der Waals surface area contributed by atoms with Crippen LogP contribution in [0.1, 0.15) is 12.7 Å². The van der Waals surface area contributed by atoms with Crippen molar-refractivity contribution in [3.63, 3.8) is 0 Å². The quantitative estimate of drug-likeness (QED) is 0.781. The van der Waals surface area contributed by atoms with Crippen LogP contribution in [0.5, 0.6) is 0 Å². The average Bonchev–Trinajstić information content (AvgIpc) is 2.62. The fourth-order valence-electron chi connectivity index (χ4n) is 1.43. The summed E-state index contributed by atoms with van der Waals surface area (Å²) in [6.45, 7) is 2.80. The van der Waals surface area contributed by atoms with Crippen molar-refractivity contribution in [2.45, 2.75) is 13.3 Å². The average molecular weight is 190 g/mol. The van der Waals surface area contributed by atoms with Crippen molar-refractivity contribution in [1.82, 2.24) is 14.6 Å². The number of nitrogens with two attached hydrogens (primary N) is 1. The van der Waals surface area contributed by atoms with Crippen molar-refractivity contribution in [3.05, 3.63) is 30.2 Å². The maximum absolute atomic E-state index is 5.58. The van der Waals surface area contributed by atoms with Gasteiger partial charge in [-0.05, 0) is 24.6 Å². The van der Waals surface area contributed by atoms with Gasteiger partial charge in [0.25, 0.3) is 0 Å². The molecule has 0 bridgehead atoms. The minimum absolute atomic E-state index is 0.447. The first-order valence-corrected chi connectivity index (χ1v) is 4.80. The number of fused-ring (bicyclic) bond motifs is 1. The molecule has 0 aromatic carbocycles. The van der Waals surface area contributed by atoms with Crippen molar-refractivity contribution in [2.75, 3.05) is 6.54 Å². The van der Waals surface area contributed by atoms with E-state index in [0.29, 0.717) is 12.5 Å². The Hall–Kier alpha value is -1.42. The molecule has 4 heteroatoms. The molecule has 0 spiro atoms. The first-order chi connectivity index (χ1) is 6.81. The lowest BCUT2D eigenvalue weighted by Crippen LogP contribution is -2.14. The molecule has 0 aliphatic rings. The molecule has 1 unspecified atom stereocenters. The van der Waals surface area contributed by atoms with E-state index in [9.17, 15) is 0 Å². The van der Waals surface area contributed by atoms with Crippen LogP contribution in [0.25, 0.3) is 5.65 Å². The van der Waals surface area contributed by atoms with Crippen LogP contribution in [-0.4, -0.2) is 21.1 Å². The topological polar surface area (TPSA) is 56.2 Å². The standard InChI is InChI=1S/C10H14N4/c1-8(7-11)6-10-13-12-9-4-2-3-5-14(9)10/h2-5,8H,6-7,11H2,1H3. The maximum atomic E-state index is 5.58. The molecule has 2 heterocycles. The Bertz CT molecular complexity index is 421. The van der Waals surface area contributed by atoms with Crippen LogP contribution >= 0.6 is 0 Å². The van der Waals surface area contributed by atoms with Gasteiger partial charge < -0.3 is 5.73 Å². The predicted octanol–water partition coefficient (Wildman–Crippen LogP) is 0.867. The smallest absolute Gasteiger partial charge is 0.160 e. The van der Waals surface area contributed by atoms with Crippen LogP contribution in [0.3, 0.4) is 0 Å². The number of rotatable bonds is 3. The summed E-state index contributed by atoms with van der Waals surface area (Å²) in [4.78, 5) is 0. The van der Waals surface area contributed by atoms with E-state index in [0.717, 1.165) is 17.9 Å². The first-order valence-electron chi connectivity index (χ1n) is 4.80. The van der Waals surface area contributed by atoms with Gasteiger partial charge in [0.15, 0.2) is 5.65 Å². The molecule has 0 amide bonds. The summed E-state index contributed by atoms with van der Waals surface area (Å²) < 4.78 is 2.01. The zero-order valence-corrected chi connectivity index (χ0v) is 8.22. The number of aromatic nitrogens is 3. The zero-order chi connectivity index (χ0) is 9.97. The molecule has 0 saturated heterocycles. The number of nitrogens with zero attached hydrogens (tertiary/aromatic N) is 3. The molecule has 2 aromatic heterocycles. The lowest BCUT2D eigenvalue weighted by Gasteiger charge is -2.05. The van der Waals surface area contributed by atoms with Gasteiger partial charge in [0.2, 0.25) is 0 Å². The van der Waals surface area contributed by atoms with Gasteiger partial charge in [-0.25, -0.2) is 0 Å². The third-order valence-electron chi connectivity index (χ3n) is 2.32. The largest absolute Gasteiger partial charge is 0.330 e. The van der Waals surface area contributed by atoms with Crippen molar-refractivity contribution >= 4 is 5.65 Å². The van der Waals surface area contributed by atoms with E-state index in [1.54, 1.807) is 0 Å². The molecule has 0 fully saturated rings. The highest BCUT2D eigenvalue weighted by molar-refractivity contribution is 5.36. The van der Waals surface area contributed by atoms with Crippen molar-refractivity contribution in [2.24, 2.45) is 11.7 Å². The van der Waals surface area contributed by atoms with Crippen LogP contribution < -0.4 is 5.73 Å². The Labute approximate surface area is 82.8 Å². The minimum atomic E-state index is 0.447. The highest BCUT2D eigenvalue weighted by atomic mass is 15.2. The second kappa shape index (κ2) is 3.75. The van der Waals surface area contributed by atoms with E-state index in [4.69, 9.17) is 5.73 Å². The summed E-state index contributed by atoms with van der Waals surface area (Å²) >= 11 is 0. The van der Waals surface area contributed by atoms with Gasteiger partial charge in [-0.2, -0.15) is 0 Å². The third kappa shape index (κ3) is 1.61. The molecule has 14 heavy (non-hydrogen) atoms. The maximum Gasteiger partial charge on any atom is 0.160 e. The van der Waals surface area contributed by atoms with Gasteiger partial charge in [0.1, 0.15) is 5.82 Å². The van der Waals surface area contributed by atoms with Gasteiger partial charge in [-0.3, -0.25) is 4.40 Å². The molecule has 1 atom stereocenters. The molecular weight excluding hydrogens is 176 g/mol. The van der Waals surface area contributed by atoms with Crippen LogP contribution in [0, 0.1) is 5.92 Å². The van der Waals surface area contributed by atoms with E-state index in [1.807, 2.05) is 28.8 Å². The van der Waals surface area contributed by atoms with E-state index in [-0.39, 0.29) is 0 Å². The molecule has 2 aromatic rings. The Morgan fingerprint density at radius 3 is 3.07 bits per heavy atom. The van der Waals surface area contributed by atoms with Gasteiger partial charge >= 0.3 is 0 Å². The SMILES string of the molecule is CC(CN)Cc1nnc2ccccn12. The van der Waals surface area contributed by atoms with Crippen LogP contribution in [-0.2, 0) is 6.42 Å². The number of pyridine rings is 1. The molecule has 74 valence electrons. The van der Waals surface area contributed by atoms with Crippen LogP contribution in [0.15, 0.2) is 24.4 Å². The number of hydrogen-bond acceptors (Lipinski definition) is 3. The van der Waals surface area contributed by atoms with Crippen molar-refractivity contribution in [1.29, 1.82) is 0 Å². The fourth-order valence-corrected chi connectivity index (χ4v) is 1.43. The third-order valence-corrected chi connectivity index (χ3v) is 2.32. The van der Waals surface area contributed by atoms with Gasteiger partial charge in [0.05, 0.1) is 0 Å². The minimum Gasteiger partial charge on any atom is -0.330 e. The summed E-state index contributed by atoms with van der Waals surface area (Å²) in [6, 6.07) is 5.89. The van der Waals surface area contributed by atoms with E-state index >= 15 is 0 Å². The summed E-state index contributed by atoms with van der Waals surface area (Å²) in [5.41, 5.74) is 6.47. The molecule has 0 saturated carbocycles. The molecule has 2 rings (SSSR count). The van der Waals surface area contributed by atoms with Gasteiger partial charge in [-0.1, -0.05) is 13.0 Å². The van der Waals surface area contributed by atoms with Crippen molar-refractivity contribution < 1.29 is 0 Å². The Balaban J connectivity index is 2.33. The van der Waals surface area contributed by atoms with E-state index in [1.165, 1.54) is 0 Å². The van der Waals surface area contributed by atoms with Crippen LogP contribution in [0.2, 0.25) is 0 Å². The Kier molecular flexibility index (Phi) is 2.45. The highest BCUT2D eigenvalue weighted by Crippen LogP contribution is 2.07. The Morgan fingerprint density at radius 2 is 2.29 bits per heavy atom. The number of hydrogen-bond donors (Lipinski definition) is 1. The molecule has 2 N–H and O–H groups in total. The summed E-state index contributed by atoms with van der Waals surface area (Å²) in [7, 11) is 0. The molecule has 0 aliphatic heterocycles. The summed E-state index contributed by atoms with van der Waals surface area (Å²) in [5.74, 6) is 1.43. The summed E-state index contributed by atoms with van der Waals surface area (Å²) in [6.07, 6.45) is 2.86. The Morgan fingerprint density at radius 1 is 1.43 bits per heavy atom. The van der Waals surface area contributed by atoms with E-state index < -0.39 is 0 Å². The molecule has 0 aliphatic carbocycles. The van der Waals surface area contributed by atoms with Crippen LogP contribution in [0.4, 0.5) is 0 Å². The second-order valence-electron chi connectivity index (χ2n) is 3.59. The molecular formula is C10H14N4.